The Morgan fingerprint density at radius 3 is 2.33 bits per heavy atom. The van der Waals surface area contributed by atoms with Crippen LogP contribution in [-0.4, -0.2) is 37.0 Å². The van der Waals surface area contributed by atoms with Crippen molar-refractivity contribution < 1.29 is 18.3 Å². The van der Waals surface area contributed by atoms with Gasteiger partial charge in [0.25, 0.3) is 11.9 Å². The van der Waals surface area contributed by atoms with Crippen LogP contribution in [0.1, 0.15) is 10.6 Å². The minimum atomic E-state index is -0.244. The number of hydrogen-bond donors (Lipinski definition) is 0. The monoisotopic (exact) mass is 366 g/mol. The molecule has 27 heavy (non-hydrogen) atoms. The number of ether oxygens (including phenoxy) is 1. The van der Waals surface area contributed by atoms with E-state index in [0.29, 0.717) is 37.6 Å². The molecule has 1 saturated heterocycles. The molecule has 1 aliphatic rings. The quantitative estimate of drug-likeness (QED) is 0.695. The van der Waals surface area contributed by atoms with Crippen molar-refractivity contribution in [2.75, 3.05) is 31.1 Å². The lowest BCUT2D eigenvalue weighted by Crippen LogP contribution is -2.49. The Kier molecular flexibility index (Phi) is 4.78. The van der Waals surface area contributed by atoms with E-state index >= 15 is 0 Å². The van der Waals surface area contributed by atoms with E-state index in [9.17, 15) is 9.18 Å². The molecule has 1 amide bonds. The molecule has 0 radical (unpaired) electrons. The second-order valence-electron chi connectivity index (χ2n) is 6.26. The van der Waals surface area contributed by atoms with Gasteiger partial charge in [-0.2, -0.15) is 0 Å². The van der Waals surface area contributed by atoms with Gasteiger partial charge >= 0.3 is 0 Å². The molecule has 0 N–H and O–H groups in total. The smallest absolute Gasteiger partial charge is 0.290 e. The Hall–Kier alpha value is -3.28. The fourth-order valence-corrected chi connectivity index (χ4v) is 3.11. The van der Waals surface area contributed by atoms with E-state index in [1.807, 2.05) is 41.3 Å². The molecule has 0 spiro atoms. The number of carbonyl (C=O) groups is 1. The van der Waals surface area contributed by atoms with Crippen molar-refractivity contribution in [3.8, 4) is 11.7 Å². The standard InChI is InChI=1S/C21H19FN2O3/c22-17-8-4-5-9-18(17)23-12-14-24(15-13-23)21(25)19-10-11-20(27-19)26-16-6-2-1-3-7-16/h1-11H,12-15H2. The molecule has 2 aromatic carbocycles. The van der Waals surface area contributed by atoms with Crippen molar-refractivity contribution in [2.45, 2.75) is 0 Å². The van der Waals surface area contributed by atoms with Crippen molar-refractivity contribution in [3.63, 3.8) is 0 Å². The van der Waals surface area contributed by atoms with Crippen LogP contribution in [-0.2, 0) is 0 Å². The number of anilines is 1. The van der Waals surface area contributed by atoms with Gasteiger partial charge < -0.3 is 19.0 Å². The number of halogens is 1. The molecule has 0 bridgehead atoms. The Morgan fingerprint density at radius 1 is 0.889 bits per heavy atom. The van der Waals surface area contributed by atoms with Gasteiger partial charge in [0.2, 0.25) is 0 Å². The minimum absolute atomic E-state index is 0.189. The van der Waals surface area contributed by atoms with Crippen LogP contribution in [0.5, 0.6) is 11.7 Å². The third-order valence-corrected chi connectivity index (χ3v) is 4.51. The van der Waals surface area contributed by atoms with Gasteiger partial charge in [0.05, 0.1) is 5.69 Å². The first-order valence-electron chi connectivity index (χ1n) is 8.82. The molecule has 3 aromatic rings. The predicted octanol–water partition coefficient (Wildman–Crippen LogP) is 4.17. The lowest BCUT2D eigenvalue weighted by molar-refractivity contribution is 0.0709. The van der Waals surface area contributed by atoms with Crippen molar-refractivity contribution >= 4 is 11.6 Å². The average molecular weight is 366 g/mol. The van der Waals surface area contributed by atoms with Gasteiger partial charge in [-0.25, -0.2) is 4.39 Å². The fourth-order valence-electron chi connectivity index (χ4n) is 3.11. The molecule has 1 aliphatic heterocycles. The Morgan fingerprint density at radius 2 is 1.59 bits per heavy atom. The van der Waals surface area contributed by atoms with Crippen LogP contribution < -0.4 is 9.64 Å². The predicted molar refractivity (Wildman–Crippen MR) is 99.7 cm³/mol. The summed E-state index contributed by atoms with van der Waals surface area (Å²) in [4.78, 5) is 16.3. The molecule has 1 fully saturated rings. The molecule has 1 aromatic heterocycles. The number of rotatable bonds is 4. The summed E-state index contributed by atoms with van der Waals surface area (Å²) in [5.41, 5.74) is 0.571. The molecule has 0 aliphatic carbocycles. The molecule has 5 nitrogen and oxygen atoms in total. The maximum Gasteiger partial charge on any atom is 0.290 e. The summed E-state index contributed by atoms with van der Waals surface area (Å²) in [6.45, 7) is 2.15. The highest BCUT2D eigenvalue weighted by atomic mass is 19.1. The molecular weight excluding hydrogens is 347 g/mol. The zero-order chi connectivity index (χ0) is 18.6. The maximum absolute atomic E-state index is 13.9. The van der Waals surface area contributed by atoms with Gasteiger partial charge in [-0.3, -0.25) is 4.79 Å². The maximum atomic E-state index is 13.9. The van der Waals surface area contributed by atoms with E-state index < -0.39 is 0 Å². The zero-order valence-corrected chi connectivity index (χ0v) is 14.7. The SMILES string of the molecule is O=C(c1ccc(Oc2ccccc2)o1)N1CCN(c2ccccc2F)CC1. The molecule has 6 heteroatoms. The van der Waals surface area contributed by atoms with Crippen molar-refractivity contribution in [1.29, 1.82) is 0 Å². The van der Waals surface area contributed by atoms with E-state index in [1.165, 1.54) is 6.07 Å². The van der Waals surface area contributed by atoms with E-state index in [2.05, 4.69) is 0 Å². The highest BCUT2D eigenvalue weighted by Crippen LogP contribution is 2.25. The Balaban J connectivity index is 1.38. The lowest BCUT2D eigenvalue weighted by atomic mass is 10.2. The fraction of sp³-hybridized carbons (Fsp3) is 0.190. The van der Waals surface area contributed by atoms with Gasteiger partial charge in [-0.15, -0.1) is 0 Å². The molecular formula is C21H19FN2O3. The largest absolute Gasteiger partial charge is 0.426 e. The van der Waals surface area contributed by atoms with Crippen LogP contribution in [0.25, 0.3) is 0 Å². The number of piperazine rings is 1. The van der Waals surface area contributed by atoms with Crippen LogP contribution in [0.3, 0.4) is 0 Å². The van der Waals surface area contributed by atoms with Gasteiger partial charge in [-0.1, -0.05) is 30.3 Å². The van der Waals surface area contributed by atoms with Crippen LogP contribution in [0.15, 0.2) is 71.1 Å². The number of hydrogen-bond acceptors (Lipinski definition) is 4. The van der Waals surface area contributed by atoms with Gasteiger partial charge in [-0.05, 0) is 30.3 Å². The summed E-state index contributed by atoms with van der Waals surface area (Å²) < 4.78 is 25.1. The lowest BCUT2D eigenvalue weighted by Gasteiger charge is -2.35. The van der Waals surface area contributed by atoms with Crippen molar-refractivity contribution in [1.82, 2.24) is 4.90 Å². The van der Waals surface area contributed by atoms with Crippen LogP contribution in [0, 0.1) is 5.82 Å². The second kappa shape index (κ2) is 7.53. The number of amides is 1. The van der Waals surface area contributed by atoms with Gasteiger partial charge in [0, 0.05) is 32.2 Å². The summed E-state index contributed by atoms with van der Waals surface area (Å²) in [6, 6.07) is 19.2. The molecule has 0 saturated carbocycles. The summed E-state index contributed by atoms with van der Waals surface area (Å²) in [5, 5.41) is 0. The normalized spacial score (nSPS) is 14.3. The summed E-state index contributed by atoms with van der Waals surface area (Å²) in [6.07, 6.45) is 0. The molecule has 138 valence electrons. The van der Waals surface area contributed by atoms with E-state index in [-0.39, 0.29) is 23.4 Å². The topological polar surface area (TPSA) is 45.9 Å². The number of para-hydroxylation sites is 2. The first-order chi connectivity index (χ1) is 13.2. The minimum Gasteiger partial charge on any atom is -0.426 e. The molecule has 0 atom stereocenters. The van der Waals surface area contributed by atoms with Crippen LogP contribution >= 0.6 is 0 Å². The molecule has 2 heterocycles. The summed E-state index contributed by atoms with van der Waals surface area (Å²) in [5.74, 6) is 0.719. The molecule has 0 unspecified atom stereocenters. The first-order valence-corrected chi connectivity index (χ1v) is 8.82. The third-order valence-electron chi connectivity index (χ3n) is 4.51. The third kappa shape index (κ3) is 3.79. The second-order valence-corrected chi connectivity index (χ2v) is 6.26. The van der Waals surface area contributed by atoms with E-state index in [4.69, 9.17) is 9.15 Å². The van der Waals surface area contributed by atoms with E-state index in [1.54, 1.807) is 29.2 Å². The number of benzene rings is 2. The van der Waals surface area contributed by atoms with Crippen molar-refractivity contribution in [2.24, 2.45) is 0 Å². The van der Waals surface area contributed by atoms with Gasteiger partial charge in [0.15, 0.2) is 5.76 Å². The van der Waals surface area contributed by atoms with Crippen molar-refractivity contribution in [3.05, 3.63) is 78.3 Å². The number of nitrogens with zero attached hydrogens (tertiary/aromatic N) is 2. The molecule has 4 rings (SSSR count). The Bertz CT molecular complexity index is 918. The van der Waals surface area contributed by atoms with Crippen LogP contribution in [0.4, 0.5) is 10.1 Å². The van der Waals surface area contributed by atoms with E-state index in [0.717, 1.165) is 0 Å². The Labute approximate surface area is 156 Å². The highest BCUT2D eigenvalue weighted by molar-refractivity contribution is 5.91. The zero-order valence-electron chi connectivity index (χ0n) is 14.7. The highest BCUT2D eigenvalue weighted by Gasteiger charge is 2.25. The first kappa shape index (κ1) is 17.1. The number of carbonyl (C=O) groups excluding carboxylic acids is 1. The summed E-state index contributed by atoms with van der Waals surface area (Å²) in [7, 11) is 0. The van der Waals surface area contributed by atoms with Gasteiger partial charge in [0.1, 0.15) is 11.6 Å². The number of furan rings is 1. The van der Waals surface area contributed by atoms with Crippen LogP contribution in [0.2, 0.25) is 0 Å². The summed E-state index contributed by atoms with van der Waals surface area (Å²) >= 11 is 0. The average Bonchev–Trinajstić information content (AvgIpc) is 3.17.